The predicted molar refractivity (Wildman–Crippen MR) is 89.6 cm³/mol. The van der Waals surface area contributed by atoms with E-state index in [0.29, 0.717) is 42.6 Å². The third kappa shape index (κ3) is 4.03. The maximum Gasteiger partial charge on any atom is 0.262 e. The average molecular weight is 344 g/mol. The minimum atomic E-state index is -0.424. The van der Waals surface area contributed by atoms with E-state index in [0.717, 1.165) is 19.4 Å². The number of rotatable bonds is 5. The number of ether oxygens (including phenoxy) is 4. The minimum Gasteiger partial charge on any atom is -0.493 e. The van der Waals surface area contributed by atoms with Crippen LogP contribution in [-0.2, 0) is 9.53 Å². The highest BCUT2D eigenvalue weighted by Gasteiger charge is 2.20. The number of hydrogen-bond donors (Lipinski definition) is 1. The van der Waals surface area contributed by atoms with Gasteiger partial charge < -0.3 is 24.3 Å². The molecule has 1 aromatic rings. The number of nitrogens with one attached hydrogen (secondary N) is 1. The van der Waals surface area contributed by atoms with Crippen LogP contribution in [0.15, 0.2) is 17.7 Å². The molecule has 1 N–H and O–H groups in total. The summed E-state index contributed by atoms with van der Waals surface area (Å²) in [6, 6.07) is 5.37. The van der Waals surface area contributed by atoms with Gasteiger partial charge in [-0.25, -0.2) is 0 Å². The molecule has 0 radical (unpaired) electrons. The first-order valence-electron chi connectivity index (χ1n) is 8.20. The van der Waals surface area contributed by atoms with Gasteiger partial charge in [-0.05, 0) is 36.6 Å². The molecule has 2 heterocycles. The number of hydrogen-bond acceptors (Lipinski definition) is 6. The quantitative estimate of drug-likeness (QED) is 0.645. The standard InChI is InChI=1S/C18H20N2O5/c1-22-15-8-12(9-16-17(15)25-6-5-24-16)7-13(10-19)18(21)20-11-14-3-2-4-23-14/h7-9,14H,2-6,11H2,1H3,(H,20,21)/b13-7+/t14-/m1/s1. The van der Waals surface area contributed by atoms with Crippen LogP contribution < -0.4 is 19.5 Å². The summed E-state index contributed by atoms with van der Waals surface area (Å²) in [6.07, 6.45) is 3.45. The zero-order valence-electron chi connectivity index (χ0n) is 14.0. The van der Waals surface area contributed by atoms with Gasteiger partial charge in [0.2, 0.25) is 5.75 Å². The van der Waals surface area contributed by atoms with E-state index in [2.05, 4.69) is 5.32 Å². The largest absolute Gasteiger partial charge is 0.493 e. The van der Waals surface area contributed by atoms with Crippen molar-refractivity contribution < 1.29 is 23.7 Å². The molecule has 1 atom stereocenters. The molecule has 0 bridgehead atoms. The Morgan fingerprint density at radius 2 is 2.24 bits per heavy atom. The average Bonchev–Trinajstić information content (AvgIpc) is 3.17. The Bertz CT molecular complexity index is 700. The topological polar surface area (TPSA) is 89.8 Å². The number of amides is 1. The van der Waals surface area contributed by atoms with Crippen molar-refractivity contribution in [1.29, 1.82) is 5.26 Å². The molecule has 1 amide bonds. The molecule has 0 unspecified atom stereocenters. The first kappa shape index (κ1) is 17.1. The van der Waals surface area contributed by atoms with Gasteiger partial charge in [0.25, 0.3) is 5.91 Å². The van der Waals surface area contributed by atoms with E-state index >= 15 is 0 Å². The summed E-state index contributed by atoms with van der Waals surface area (Å²) in [5.41, 5.74) is 0.640. The molecule has 2 aliphatic heterocycles. The van der Waals surface area contributed by atoms with Crippen molar-refractivity contribution in [3.05, 3.63) is 23.3 Å². The van der Waals surface area contributed by atoms with Crippen LogP contribution in [0.2, 0.25) is 0 Å². The van der Waals surface area contributed by atoms with E-state index in [1.807, 2.05) is 6.07 Å². The lowest BCUT2D eigenvalue weighted by Gasteiger charge is -2.21. The molecule has 0 spiro atoms. The lowest BCUT2D eigenvalue weighted by molar-refractivity contribution is -0.117. The molecule has 7 nitrogen and oxygen atoms in total. The van der Waals surface area contributed by atoms with Crippen LogP contribution in [0, 0.1) is 11.3 Å². The van der Waals surface area contributed by atoms with Crippen molar-refractivity contribution in [3.63, 3.8) is 0 Å². The van der Waals surface area contributed by atoms with Gasteiger partial charge in [0.15, 0.2) is 11.5 Å². The predicted octanol–water partition coefficient (Wildman–Crippen LogP) is 1.67. The SMILES string of the molecule is COc1cc(/C=C(\C#N)C(=O)NC[C@H]2CCCO2)cc2c1OCCO2. The van der Waals surface area contributed by atoms with E-state index in [4.69, 9.17) is 18.9 Å². The third-order valence-electron chi connectivity index (χ3n) is 4.04. The van der Waals surface area contributed by atoms with Crippen molar-refractivity contribution in [1.82, 2.24) is 5.32 Å². The van der Waals surface area contributed by atoms with Crippen LogP contribution in [0.3, 0.4) is 0 Å². The first-order chi connectivity index (χ1) is 12.2. The summed E-state index contributed by atoms with van der Waals surface area (Å²) in [6.45, 7) is 2.02. The molecule has 132 valence electrons. The van der Waals surface area contributed by atoms with Crippen LogP contribution >= 0.6 is 0 Å². The zero-order chi connectivity index (χ0) is 17.6. The van der Waals surface area contributed by atoms with Gasteiger partial charge in [-0.3, -0.25) is 4.79 Å². The van der Waals surface area contributed by atoms with E-state index in [1.165, 1.54) is 13.2 Å². The lowest BCUT2D eigenvalue weighted by Crippen LogP contribution is -2.32. The summed E-state index contributed by atoms with van der Waals surface area (Å²) in [5, 5.41) is 12.1. The molecular weight excluding hydrogens is 324 g/mol. The normalized spacial score (nSPS) is 19.2. The fourth-order valence-corrected chi connectivity index (χ4v) is 2.80. The molecule has 1 aromatic carbocycles. The number of carbonyl (C=O) groups is 1. The lowest BCUT2D eigenvalue weighted by atomic mass is 10.1. The Hall–Kier alpha value is -2.72. The minimum absolute atomic E-state index is 0.0109. The highest BCUT2D eigenvalue weighted by atomic mass is 16.6. The third-order valence-corrected chi connectivity index (χ3v) is 4.04. The summed E-state index contributed by atoms with van der Waals surface area (Å²) in [7, 11) is 1.53. The first-order valence-corrected chi connectivity index (χ1v) is 8.20. The monoisotopic (exact) mass is 344 g/mol. The van der Waals surface area contributed by atoms with Crippen molar-refractivity contribution in [2.24, 2.45) is 0 Å². The van der Waals surface area contributed by atoms with Gasteiger partial charge in [0.1, 0.15) is 24.9 Å². The molecular formula is C18H20N2O5. The molecule has 3 rings (SSSR count). The molecule has 25 heavy (non-hydrogen) atoms. The molecule has 0 aliphatic carbocycles. The summed E-state index contributed by atoms with van der Waals surface area (Å²) < 4.78 is 21.9. The van der Waals surface area contributed by atoms with Crippen molar-refractivity contribution in [3.8, 4) is 23.3 Å². The Labute approximate surface area is 146 Å². The molecule has 2 aliphatic rings. The maximum absolute atomic E-state index is 12.2. The van der Waals surface area contributed by atoms with Crippen LogP contribution in [0.4, 0.5) is 0 Å². The highest BCUT2D eigenvalue weighted by molar-refractivity contribution is 6.01. The fourth-order valence-electron chi connectivity index (χ4n) is 2.80. The van der Waals surface area contributed by atoms with Gasteiger partial charge in [-0.2, -0.15) is 5.26 Å². The second kappa shape index (κ2) is 7.90. The molecule has 0 aromatic heterocycles. The summed E-state index contributed by atoms with van der Waals surface area (Å²) in [5.74, 6) is 1.15. The number of methoxy groups -OCH3 is 1. The van der Waals surface area contributed by atoms with Gasteiger partial charge in [0.05, 0.1) is 13.2 Å². The van der Waals surface area contributed by atoms with Gasteiger partial charge in [-0.1, -0.05) is 0 Å². The second-order valence-corrected chi connectivity index (χ2v) is 5.76. The van der Waals surface area contributed by atoms with E-state index in [9.17, 15) is 10.1 Å². The Morgan fingerprint density at radius 3 is 2.96 bits per heavy atom. The van der Waals surface area contributed by atoms with Crippen molar-refractivity contribution >= 4 is 12.0 Å². The maximum atomic E-state index is 12.2. The molecule has 1 fully saturated rings. The van der Waals surface area contributed by atoms with Crippen LogP contribution in [0.5, 0.6) is 17.2 Å². The van der Waals surface area contributed by atoms with Crippen LogP contribution in [0.1, 0.15) is 18.4 Å². The smallest absolute Gasteiger partial charge is 0.262 e. The summed E-state index contributed by atoms with van der Waals surface area (Å²) in [4.78, 5) is 12.2. The molecule has 1 saturated heterocycles. The Balaban J connectivity index is 1.77. The van der Waals surface area contributed by atoms with Crippen molar-refractivity contribution in [2.45, 2.75) is 18.9 Å². The highest BCUT2D eigenvalue weighted by Crippen LogP contribution is 2.40. The number of carbonyl (C=O) groups excluding carboxylic acids is 1. The number of nitriles is 1. The molecule has 7 heteroatoms. The number of benzene rings is 1. The van der Waals surface area contributed by atoms with Gasteiger partial charge in [0, 0.05) is 13.2 Å². The van der Waals surface area contributed by atoms with E-state index < -0.39 is 5.91 Å². The molecule has 0 saturated carbocycles. The fraction of sp³-hybridized carbons (Fsp3) is 0.444. The second-order valence-electron chi connectivity index (χ2n) is 5.76. The Morgan fingerprint density at radius 1 is 1.40 bits per heavy atom. The van der Waals surface area contributed by atoms with Gasteiger partial charge in [-0.15, -0.1) is 0 Å². The summed E-state index contributed by atoms with van der Waals surface area (Å²) >= 11 is 0. The number of fused-ring (bicyclic) bond motifs is 1. The Kier molecular flexibility index (Phi) is 5.41. The number of nitrogens with zero attached hydrogens (tertiary/aromatic N) is 1. The van der Waals surface area contributed by atoms with E-state index in [-0.39, 0.29) is 11.7 Å². The van der Waals surface area contributed by atoms with Crippen LogP contribution in [0.25, 0.3) is 6.08 Å². The van der Waals surface area contributed by atoms with Crippen LogP contribution in [-0.4, -0.2) is 45.5 Å². The zero-order valence-corrected chi connectivity index (χ0v) is 14.0. The van der Waals surface area contributed by atoms with E-state index in [1.54, 1.807) is 12.1 Å². The van der Waals surface area contributed by atoms with Gasteiger partial charge >= 0.3 is 0 Å². The van der Waals surface area contributed by atoms with Crippen molar-refractivity contribution in [2.75, 3.05) is 33.5 Å².